The van der Waals surface area contributed by atoms with Crippen LogP contribution in [0.5, 0.6) is 0 Å². The topological polar surface area (TPSA) is 58.4 Å². The standard InChI is InChI=1S/C12H15N3O/c1-15(2)14-12(16)11-7-5-10(6-8-11)4-3-9-13/h5-8H,9,13H2,1-2H3,(H,14,16). The highest BCUT2D eigenvalue weighted by Gasteiger charge is 2.04. The summed E-state index contributed by atoms with van der Waals surface area (Å²) in [6.07, 6.45) is 0. The third kappa shape index (κ3) is 3.73. The van der Waals surface area contributed by atoms with Gasteiger partial charge in [-0.15, -0.1) is 0 Å². The zero-order chi connectivity index (χ0) is 12.0. The molecule has 1 rings (SSSR count). The van der Waals surface area contributed by atoms with Gasteiger partial charge in [0.15, 0.2) is 0 Å². The average molecular weight is 217 g/mol. The fourth-order valence-corrected chi connectivity index (χ4v) is 1.13. The van der Waals surface area contributed by atoms with Gasteiger partial charge in [-0.25, -0.2) is 5.01 Å². The van der Waals surface area contributed by atoms with E-state index in [9.17, 15) is 4.79 Å². The predicted molar refractivity (Wildman–Crippen MR) is 63.5 cm³/mol. The molecule has 0 fully saturated rings. The number of hydrogen-bond acceptors (Lipinski definition) is 3. The lowest BCUT2D eigenvalue weighted by molar-refractivity contribution is 0.0857. The second-order valence-corrected chi connectivity index (χ2v) is 3.42. The highest BCUT2D eigenvalue weighted by Crippen LogP contribution is 2.03. The Balaban J connectivity index is 2.74. The van der Waals surface area contributed by atoms with Crippen molar-refractivity contribution in [2.45, 2.75) is 0 Å². The van der Waals surface area contributed by atoms with E-state index in [1.807, 2.05) is 0 Å². The molecule has 0 heterocycles. The van der Waals surface area contributed by atoms with E-state index in [0.29, 0.717) is 12.1 Å². The molecular weight excluding hydrogens is 202 g/mol. The molecule has 0 saturated heterocycles. The first kappa shape index (κ1) is 12.2. The molecule has 4 heteroatoms. The van der Waals surface area contributed by atoms with Gasteiger partial charge in [-0.05, 0) is 24.3 Å². The van der Waals surface area contributed by atoms with E-state index in [-0.39, 0.29) is 5.91 Å². The van der Waals surface area contributed by atoms with Crippen LogP contribution in [0.4, 0.5) is 0 Å². The summed E-state index contributed by atoms with van der Waals surface area (Å²) >= 11 is 0. The van der Waals surface area contributed by atoms with Crippen molar-refractivity contribution in [3.05, 3.63) is 35.4 Å². The molecule has 4 nitrogen and oxygen atoms in total. The van der Waals surface area contributed by atoms with Crippen LogP contribution in [0, 0.1) is 11.8 Å². The van der Waals surface area contributed by atoms with Gasteiger partial charge in [-0.2, -0.15) is 0 Å². The largest absolute Gasteiger partial charge is 0.320 e. The molecule has 0 bridgehead atoms. The summed E-state index contributed by atoms with van der Waals surface area (Å²) in [6.45, 7) is 0.336. The lowest BCUT2D eigenvalue weighted by Crippen LogP contribution is -2.36. The van der Waals surface area contributed by atoms with Gasteiger partial charge in [0.25, 0.3) is 5.91 Å². The van der Waals surface area contributed by atoms with Crippen molar-refractivity contribution in [3.8, 4) is 11.8 Å². The highest BCUT2D eigenvalue weighted by atomic mass is 16.2. The van der Waals surface area contributed by atoms with Crippen molar-refractivity contribution in [3.63, 3.8) is 0 Å². The van der Waals surface area contributed by atoms with Crippen molar-refractivity contribution in [1.82, 2.24) is 10.4 Å². The number of hydrazine groups is 1. The van der Waals surface area contributed by atoms with Crippen LogP contribution in [0.3, 0.4) is 0 Å². The monoisotopic (exact) mass is 217 g/mol. The number of amides is 1. The summed E-state index contributed by atoms with van der Waals surface area (Å²) in [5.41, 5.74) is 9.38. The maximum atomic E-state index is 11.6. The maximum Gasteiger partial charge on any atom is 0.265 e. The van der Waals surface area contributed by atoms with Crippen LogP contribution < -0.4 is 11.2 Å². The number of hydrogen-bond donors (Lipinski definition) is 2. The van der Waals surface area contributed by atoms with E-state index in [4.69, 9.17) is 5.73 Å². The molecule has 16 heavy (non-hydrogen) atoms. The van der Waals surface area contributed by atoms with Crippen molar-refractivity contribution < 1.29 is 4.79 Å². The minimum absolute atomic E-state index is 0.136. The third-order valence-corrected chi connectivity index (χ3v) is 1.81. The van der Waals surface area contributed by atoms with Gasteiger partial charge in [0.05, 0.1) is 6.54 Å². The normalized spacial score (nSPS) is 9.50. The first-order chi connectivity index (χ1) is 7.63. The van der Waals surface area contributed by atoms with Crippen LogP contribution in [0.25, 0.3) is 0 Å². The molecule has 0 spiro atoms. The van der Waals surface area contributed by atoms with Crippen molar-refractivity contribution in [2.75, 3.05) is 20.6 Å². The summed E-state index contributed by atoms with van der Waals surface area (Å²) in [5.74, 6) is 5.51. The van der Waals surface area contributed by atoms with Gasteiger partial charge in [0.1, 0.15) is 0 Å². The van der Waals surface area contributed by atoms with Gasteiger partial charge in [0.2, 0.25) is 0 Å². The molecular formula is C12H15N3O. The smallest absolute Gasteiger partial charge is 0.265 e. The minimum atomic E-state index is -0.136. The SMILES string of the molecule is CN(C)NC(=O)c1ccc(C#CCN)cc1. The van der Waals surface area contributed by atoms with Crippen molar-refractivity contribution >= 4 is 5.91 Å². The molecule has 0 radical (unpaired) electrons. The number of rotatable bonds is 2. The number of benzene rings is 1. The van der Waals surface area contributed by atoms with Gasteiger partial charge in [-0.1, -0.05) is 11.8 Å². The van der Waals surface area contributed by atoms with Gasteiger partial charge in [0, 0.05) is 25.2 Å². The van der Waals surface area contributed by atoms with Crippen molar-refractivity contribution in [2.24, 2.45) is 5.73 Å². The Morgan fingerprint density at radius 2 is 2.00 bits per heavy atom. The van der Waals surface area contributed by atoms with Gasteiger partial charge < -0.3 is 5.73 Å². The molecule has 0 aliphatic rings. The quantitative estimate of drug-likeness (QED) is 0.549. The molecule has 0 aromatic heterocycles. The first-order valence-corrected chi connectivity index (χ1v) is 4.91. The summed E-state index contributed by atoms with van der Waals surface area (Å²) in [4.78, 5) is 11.6. The second kappa shape index (κ2) is 5.91. The number of carbonyl (C=O) groups is 1. The Morgan fingerprint density at radius 3 is 2.50 bits per heavy atom. The summed E-state index contributed by atoms with van der Waals surface area (Å²) in [6, 6.07) is 7.07. The Labute approximate surface area is 95.4 Å². The van der Waals surface area contributed by atoms with E-state index in [1.165, 1.54) is 0 Å². The lowest BCUT2D eigenvalue weighted by atomic mass is 10.1. The van der Waals surface area contributed by atoms with Crippen LogP contribution >= 0.6 is 0 Å². The third-order valence-electron chi connectivity index (χ3n) is 1.81. The van der Waals surface area contributed by atoms with Crippen LogP contribution in [0.1, 0.15) is 15.9 Å². The second-order valence-electron chi connectivity index (χ2n) is 3.42. The predicted octanol–water partition coefficient (Wildman–Crippen LogP) is 0.203. The Morgan fingerprint density at radius 1 is 1.38 bits per heavy atom. The average Bonchev–Trinajstić information content (AvgIpc) is 2.26. The van der Waals surface area contributed by atoms with E-state index >= 15 is 0 Å². The van der Waals surface area contributed by atoms with Gasteiger partial charge >= 0.3 is 0 Å². The molecule has 0 saturated carbocycles. The summed E-state index contributed by atoms with van der Waals surface area (Å²) in [7, 11) is 3.53. The molecule has 0 atom stereocenters. The van der Waals surface area contributed by atoms with Crippen LogP contribution in [-0.4, -0.2) is 31.6 Å². The molecule has 1 amide bonds. The molecule has 1 aromatic rings. The molecule has 1 aromatic carbocycles. The Bertz CT molecular complexity index is 412. The number of nitrogens with one attached hydrogen (secondary N) is 1. The molecule has 0 aliphatic heterocycles. The molecule has 3 N–H and O–H groups in total. The fourth-order valence-electron chi connectivity index (χ4n) is 1.13. The zero-order valence-corrected chi connectivity index (χ0v) is 9.45. The van der Waals surface area contributed by atoms with Gasteiger partial charge in [-0.3, -0.25) is 10.2 Å². The zero-order valence-electron chi connectivity index (χ0n) is 9.45. The Hall–Kier alpha value is -1.83. The van der Waals surface area contributed by atoms with E-state index in [1.54, 1.807) is 43.4 Å². The van der Waals surface area contributed by atoms with E-state index in [2.05, 4.69) is 17.3 Å². The van der Waals surface area contributed by atoms with Crippen LogP contribution in [0.2, 0.25) is 0 Å². The molecule has 84 valence electrons. The molecule has 0 unspecified atom stereocenters. The van der Waals surface area contributed by atoms with Crippen LogP contribution in [0.15, 0.2) is 24.3 Å². The first-order valence-electron chi connectivity index (χ1n) is 4.91. The fraction of sp³-hybridized carbons (Fsp3) is 0.250. The molecule has 0 aliphatic carbocycles. The summed E-state index contributed by atoms with van der Waals surface area (Å²) < 4.78 is 0. The number of nitrogens with two attached hydrogens (primary N) is 1. The van der Waals surface area contributed by atoms with E-state index in [0.717, 1.165) is 5.56 Å². The lowest BCUT2D eigenvalue weighted by Gasteiger charge is -2.11. The minimum Gasteiger partial charge on any atom is -0.320 e. The van der Waals surface area contributed by atoms with Crippen molar-refractivity contribution in [1.29, 1.82) is 0 Å². The Kier molecular flexibility index (Phi) is 4.52. The van der Waals surface area contributed by atoms with Crippen LogP contribution in [-0.2, 0) is 0 Å². The number of carbonyl (C=O) groups excluding carboxylic acids is 1. The summed E-state index contributed by atoms with van der Waals surface area (Å²) in [5, 5.41) is 1.60. The highest BCUT2D eigenvalue weighted by molar-refractivity contribution is 5.93. The number of nitrogens with zero attached hydrogens (tertiary/aromatic N) is 1. The maximum absolute atomic E-state index is 11.6. The van der Waals surface area contributed by atoms with E-state index < -0.39 is 0 Å².